The zero-order valence-electron chi connectivity index (χ0n) is 20.2. The molecule has 170 valence electrons. The molecular weight excluding hydrogens is 426 g/mol. The molecule has 1 fully saturated rings. The van der Waals surface area contributed by atoms with Crippen LogP contribution in [0.15, 0.2) is 70.6 Å². The molecule has 0 unspecified atom stereocenters. The van der Waals surface area contributed by atoms with Crippen molar-refractivity contribution < 1.29 is 4.79 Å². The maximum absolute atomic E-state index is 13.1. The highest BCUT2D eigenvalue weighted by Gasteiger charge is 2.32. The molecule has 5 heteroatoms. The van der Waals surface area contributed by atoms with Gasteiger partial charge in [0.1, 0.15) is 0 Å². The lowest BCUT2D eigenvalue weighted by molar-refractivity contribution is -0.122. The van der Waals surface area contributed by atoms with Gasteiger partial charge in [-0.15, -0.1) is 0 Å². The molecule has 3 aromatic rings. The van der Waals surface area contributed by atoms with Gasteiger partial charge < -0.3 is 4.57 Å². The van der Waals surface area contributed by atoms with Crippen molar-refractivity contribution in [3.05, 3.63) is 88.1 Å². The van der Waals surface area contributed by atoms with Gasteiger partial charge >= 0.3 is 0 Å². The summed E-state index contributed by atoms with van der Waals surface area (Å²) in [4.78, 5) is 20.3. The molecule has 33 heavy (non-hydrogen) atoms. The lowest BCUT2D eigenvalue weighted by Crippen LogP contribution is -2.28. The number of rotatable bonds is 4. The predicted molar refractivity (Wildman–Crippen MR) is 140 cm³/mol. The molecule has 4 rings (SSSR count). The molecule has 4 nitrogen and oxygen atoms in total. The first-order valence-corrected chi connectivity index (χ1v) is 12.2. The van der Waals surface area contributed by atoms with Crippen LogP contribution in [0.25, 0.3) is 11.8 Å². The highest BCUT2D eigenvalue weighted by molar-refractivity contribution is 8.18. The van der Waals surface area contributed by atoms with Gasteiger partial charge in [0.2, 0.25) is 0 Å². The summed E-state index contributed by atoms with van der Waals surface area (Å²) in [6, 6.07) is 20.7. The molecule has 1 aliphatic heterocycles. The van der Waals surface area contributed by atoms with Gasteiger partial charge in [0.25, 0.3) is 5.91 Å². The molecule has 1 saturated heterocycles. The summed E-state index contributed by atoms with van der Waals surface area (Å²) in [6.45, 7) is 13.5. The minimum absolute atomic E-state index is 0.0107. The quantitative estimate of drug-likeness (QED) is 0.395. The Bertz CT molecular complexity index is 1230. The zero-order chi connectivity index (χ0) is 23.8. The van der Waals surface area contributed by atoms with Crippen LogP contribution in [0.3, 0.4) is 0 Å². The second kappa shape index (κ2) is 9.06. The predicted octanol–water partition coefficient (Wildman–Crippen LogP) is 7.02. The van der Waals surface area contributed by atoms with E-state index in [-0.39, 0.29) is 11.3 Å². The van der Waals surface area contributed by atoms with E-state index < -0.39 is 0 Å². The highest BCUT2D eigenvalue weighted by atomic mass is 32.2. The van der Waals surface area contributed by atoms with Crippen molar-refractivity contribution in [1.82, 2.24) is 9.47 Å². The van der Waals surface area contributed by atoms with Crippen LogP contribution >= 0.6 is 11.8 Å². The Morgan fingerprint density at radius 1 is 1.00 bits per heavy atom. The van der Waals surface area contributed by atoms with E-state index in [1.165, 1.54) is 17.3 Å². The number of thioether (sulfide) groups is 1. The summed E-state index contributed by atoms with van der Waals surface area (Å²) in [7, 11) is 0. The number of nitrogens with zero attached hydrogens (tertiary/aromatic N) is 3. The number of likely N-dealkylation sites (N-methyl/N-ethyl adjacent to an activating group) is 1. The molecule has 0 saturated carbocycles. The first-order valence-electron chi connectivity index (χ1n) is 11.3. The van der Waals surface area contributed by atoms with Crippen molar-refractivity contribution in [2.24, 2.45) is 4.99 Å². The van der Waals surface area contributed by atoms with Gasteiger partial charge in [-0.1, -0.05) is 51.1 Å². The molecule has 0 bridgehead atoms. The van der Waals surface area contributed by atoms with Crippen LogP contribution in [-0.2, 0) is 10.2 Å². The summed E-state index contributed by atoms with van der Waals surface area (Å²) in [5.41, 5.74) is 6.74. The molecule has 1 amide bonds. The average molecular weight is 458 g/mol. The van der Waals surface area contributed by atoms with Gasteiger partial charge in [-0.2, -0.15) is 0 Å². The van der Waals surface area contributed by atoms with Crippen molar-refractivity contribution in [2.75, 3.05) is 6.54 Å². The number of aliphatic imine (C=N–C) groups is 1. The number of benzene rings is 2. The summed E-state index contributed by atoms with van der Waals surface area (Å²) in [5, 5.41) is 0.728. The van der Waals surface area contributed by atoms with Crippen LogP contribution in [0.1, 0.15) is 50.2 Å². The fourth-order valence-electron chi connectivity index (χ4n) is 4.07. The van der Waals surface area contributed by atoms with Gasteiger partial charge in [0.05, 0.1) is 10.6 Å². The summed E-state index contributed by atoms with van der Waals surface area (Å²) < 4.78 is 2.25. The van der Waals surface area contributed by atoms with E-state index in [0.717, 1.165) is 33.5 Å². The van der Waals surface area contributed by atoms with E-state index in [4.69, 9.17) is 4.99 Å². The van der Waals surface area contributed by atoms with Gasteiger partial charge in [0.15, 0.2) is 5.17 Å². The van der Waals surface area contributed by atoms with Gasteiger partial charge in [0, 0.05) is 23.6 Å². The van der Waals surface area contributed by atoms with Crippen molar-refractivity contribution in [3.8, 4) is 5.69 Å². The minimum atomic E-state index is 0.0107. The number of carbonyl (C=O) groups is 1. The Labute approximate surface area is 201 Å². The second-order valence-corrected chi connectivity index (χ2v) is 10.4. The lowest BCUT2D eigenvalue weighted by Gasteiger charge is -2.20. The van der Waals surface area contributed by atoms with Crippen LogP contribution in [-0.4, -0.2) is 27.1 Å². The van der Waals surface area contributed by atoms with E-state index in [1.54, 1.807) is 4.90 Å². The van der Waals surface area contributed by atoms with E-state index in [9.17, 15) is 4.79 Å². The second-order valence-electron chi connectivity index (χ2n) is 9.35. The molecule has 2 aromatic carbocycles. The van der Waals surface area contributed by atoms with Crippen molar-refractivity contribution in [2.45, 2.75) is 47.0 Å². The summed E-state index contributed by atoms with van der Waals surface area (Å²) in [5.74, 6) is 0.0107. The van der Waals surface area contributed by atoms with E-state index in [2.05, 4.69) is 69.5 Å². The number of aryl methyl sites for hydroxylation is 1. The third-order valence-corrected chi connectivity index (χ3v) is 6.94. The van der Waals surface area contributed by atoms with Gasteiger partial charge in [-0.25, -0.2) is 4.99 Å². The molecule has 0 aliphatic carbocycles. The molecule has 0 atom stereocenters. The third-order valence-electron chi connectivity index (χ3n) is 5.93. The molecule has 2 heterocycles. The number of carbonyl (C=O) groups excluding carboxylic acids is 1. The standard InChI is InChI=1S/C28H31N3OS/c1-7-30-26(32)25(33-27(30)29-23-11-9-8-10-12-23)18-21-17-19(2)31(20(21)3)24-15-13-22(14-16-24)28(4,5)6/h8-18H,7H2,1-6H3/b25-18-,29-27?. The summed E-state index contributed by atoms with van der Waals surface area (Å²) in [6.07, 6.45) is 2.01. The van der Waals surface area contributed by atoms with Crippen LogP contribution < -0.4 is 0 Å². The molecule has 0 N–H and O–H groups in total. The number of hydrogen-bond acceptors (Lipinski definition) is 3. The Kier molecular flexibility index (Phi) is 6.35. The smallest absolute Gasteiger partial charge is 0.266 e. The molecular formula is C28H31N3OS. The Hall–Kier alpha value is -3.05. The Morgan fingerprint density at radius 3 is 2.27 bits per heavy atom. The maximum Gasteiger partial charge on any atom is 0.266 e. The zero-order valence-corrected chi connectivity index (χ0v) is 21.0. The van der Waals surface area contributed by atoms with Crippen LogP contribution in [0.4, 0.5) is 5.69 Å². The Balaban J connectivity index is 1.67. The summed E-state index contributed by atoms with van der Waals surface area (Å²) >= 11 is 1.44. The minimum Gasteiger partial charge on any atom is -0.318 e. The third kappa shape index (κ3) is 4.69. The van der Waals surface area contributed by atoms with Crippen LogP contribution in [0.2, 0.25) is 0 Å². The van der Waals surface area contributed by atoms with Crippen LogP contribution in [0.5, 0.6) is 0 Å². The van der Waals surface area contributed by atoms with E-state index in [0.29, 0.717) is 11.4 Å². The van der Waals surface area contributed by atoms with Crippen molar-refractivity contribution in [1.29, 1.82) is 0 Å². The fraction of sp³-hybridized carbons (Fsp3) is 0.286. The number of para-hydroxylation sites is 1. The normalized spacial score (nSPS) is 16.9. The molecule has 0 spiro atoms. The van der Waals surface area contributed by atoms with Crippen molar-refractivity contribution >= 4 is 34.6 Å². The number of amides is 1. The molecule has 1 aliphatic rings. The first kappa shape index (κ1) is 23.1. The van der Waals surface area contributed by atoms with E-state index >= 15 is 0 Å². The topological polar surface area (TPSA) is 37.6 Å². The fourth-order valence-corrected chi connectivity index (χ4v) is 5.12. The van der Waals surface area contributed by atoms with Crippen LogP contribution in [0, 0.1) is 13.8 Å². The average Bonchev–Trinajstić information content (AvgIpc) is 3.23. The first-order chi connectivity index (χ1) is 15.7. The van der Waals surface area contributed by atoms with Gasteiger partial charge in [-0.05, 0) is 85.5 Å². The number of aromatic nitrogens is 1. The largest absolute Gasteiger partial charge is 0.318 e. The maximum atomic E-state index is 13.1. The monoisotopic (exact) mass is 457 g/mol. The molecule has 0 radical (unpaired) electrons. The van der Waals surface area contributed by atoms with E-state index in [1.807, 2.05) is 43.3 Å². The highest BCUT2D eigenvalue weighted by Crippen LogP contribution is 2.35. The Morgan fingerprint density at radius 2 is 1.67 bits per heavy atom. The number of hydrogen-bond donors (Lipinski definition) is 0. The van der Waals surface area contributed by atoms with Gasteiger partial charge in [-0.3, -0.25) is 9.69 Å². The van der Waals surface area contributed by atoms with Crippen molar-refractivity contribution in [3.63, 3.8) is 0 Å². The molecule has 1 aromatic heterocycles. The SMILES string of the molecule is CCN1C(=O)/C(=C/c2cc(C)n(-c3ccc(C(C)(C)C)cc3)c2C)SC1=Nc1ccccc1. The number of amidine groups is 1. The lowest BCUT2D eigenvalue weighted by atomic mass is 9.87.